The first-order valence-electron chi connectivity index (χ1n) is 10.1. The highest BCUT2D eigenvalue weighted by molar-refractivity contribution is 6.22. The van der Waals surface area contributed by atoms with E-state index in [2.05, 4.69) is 5.32 Å². The number of fused-ring (bicyclic) bond motifs is 1. The van der Waals surface area contributed by atoms with Gasteiger partial charge in [0.2, 0.25) is 0 Å². The van der Waals surface area contributed by atoms with Crippen molar-refractivity contribution in [2.45, 2.75) is 57.0 Å². The van der Waals surface area contributed by atoms with Gasteiger partial charge in [-0.1, -0.05) is 19.3 Å². The summed E-state index contributed by atoms with van der Waals surface area (Å²) in [5.74, 6) is -0.482. The highest BCUT2D eigenvalue weighted by atomic mass is 35.5. The number of hydrogen-bond acceptors (Lipinski definition) is 4. The molecule has 0 unspecified atom stereocenters. The molecular weight excluding hydrogens is 378 g/mol. The summed E-state index contributed by atoms with van der Waals surface area (Å²) >= 11 is 0. The van der Waals surface area contributed by atoms with Gasteiger partial charge in [0.1, 0.15) is 0 Å². The summed E-state index contributed by atoms with van der Waals surface area (Å²) in [4.78, 5) is 41.8. The average molecular weight is 406 g/mol. The van der Waals surface area contributed by atoms with Crippen LogP contribution in [0.15, 0.2) is 18.2 Å². The number of benzene rings is 1. The first-order chi connectivity index (χ1) is 13.1. The number of nitrogens with one attached hydrogen (secondary N) is 1. The number of piperidine rings is 1. The van der Waals surface area contributed by atoms with Crippen molar-refractivity contribution < 1.29 is 14.4 Å². The molecule has 1 aromatic rings. The van der Waals surface area contributed by atoms with E-state index in [1.54, 1.807) is 18.2 Å². The maximum atomic E-state index is 12.9. The van der Waals surface area contributed by atoms with Crippen molar-refractivity contribution >= 4 is 30.1 Å². The smallest absolute Gasteiger partial charge is 0.261 e. The van der Waals surface area contributed by atoms with Crippen LogP contribution in [0.4, 0.5) is 0 Å². The molecule has 2 aliphatic heterocycles. The lowest BCUT2D eigenvalue weighted by Crippen LogP contribution is -2.44. The molecule has 1 saturated heterocycles. The number of carbonyl (C=O) groups excluding carboxylic acids is 3. The fraction of sp³-hybridized carbons (Fsp3) is 0.571. The predicted molar refractivity (Wildman–Crippen MR) is 109 cm³/mol. The predicted octanol–water partition coefficient (Wildman–Crippen LogP) is 2.86. The van der Waals surface area contributed by atoms with Gasteiger partial charge in [-0.25, -0.2) is 0 Å². The Morgan fingerprint density at radius 2 is 1.61 bits per heavy atom. The molecule has 3 amide bonds. The zero-order valence-corrected chi connectivity index (χ0v) is 17.1. The lowest BCUT2D eigenvalue weighted by Gasteiger charge is -2.31. The summed E-state index contributed by atoms with van der Waals surface area (Å²) in [5, 5.41) is 3.26. The minimum Gasteiger partial charge on any atom is -0.339 e. The van der Waals surface area contributed by atoms with Crippen molar-refractivity contribution in [2.75, 3.05) is 20.1 Å². The highest BCUT2D eigenvalue weighted by Gasteiger charge is 2.40. The number of rotatable bonds is 3. The average Bonchev–Trinajstić information content (AvgIpc) is 2.98. The number of hydrogen-bond donors (Lipinski definition) is 1. The van der Waals surface area contributed by atoms with Crippen molar-refractivity contribution in [2.24, 2.45) is 0 Å². The van der Waals surface area contributed by atoms with Gasteiger partial charge in [0.25, 0.3) is 17.7 Å². The molecule has 1 aromatic carbocycles. The zero-order valence-electron chi connectivity index (χ0n) is 16.3. The van der Waals surface area contributed by atoms with Crippen LogP contribution in [-0.4, -0.2) is 59.7 Å². The Morgan fingerprint density at radius 3 is 2.25 bits per heavy atom. The second kappa shape index (κ2) is 8.62. The number of halogens is 1. The minimum absolute atomic E-state index is 0. The van der Waals surface area contributed by atoms with Gasteiger partial charge in [-0.3, -0.25) is 19.3 Å². The molecule has 0 atom stereocenters. The van der Waals surface area contributed by atoms with Crippen LogP contribution >= 0.6 is 12.4 Å². The number of carbonyl (C=O) groups is 3. The Kier molecular flexibility index (Phi) is 6.40. The number of likely N-dealkylation sites (tertiary alicyclic amines) is 1. The molecule has 0 aromatic heterocycles. The quantitative estimate of drug-likeness (QED) is 0.785. The van der Waals surface area contributed by atoms with Gasteiger partial charge in [-0.2, -0.15) is 0 Å². The normalized spacial score (nSPS) is 20.9. The third-order valence-corrected chi connectivity index (χ3v) is 6.30. The Bertz CT molecular complexity index is 768. The molecule has 1 aliphatic carbocycles. The highest BCUT2D eigenvalue weighted by Crippen LogP contribution is 2.31. The molecule has 3 aliphatic rings. The molecule has 2 fully saturated rings. The van der Waals surface area contributed by atoms with Crippen LogP contribution < -0.4 is 5.32 Å². The van der Waals surface area contributed by atoms with E-state index in [9.17, 15) is 14.4 Å². The SMILES string of the molecule is CNC1CCN(C(=O)c2ccc3c(c2)C(=O)N(C2CCCCC2)C3=O)CC1.Cl. The van der Waals surface area contributed by atoms with E-state index in [0.29, 0.717) is 35.8 Å². The van der Waals surface area contributed by atoms with Crippen molar-refractivity contribution in [1.82, 2.24) is 15.1 Å². The van der Waals surface area contributed by atoms with Crippen LogP contribution in [-0.2, 0) is 0 Å². The third kappa shape index (κ3) is 3.67. The largest absolute Gasteiger partial charge is 0.339 e. The van der Waals surface area contributed by atoms with Crippen LogP contribution in [0.2, 0.25) is 0 Å². The molecule has 1 saturated carbocycles. The van der Waals surface area contributed by atoms with Crippen molar-refractivity contribution in [3.63, 3.8) is 0 Å². The second-order valence-electron chi connectivity index (χ2n) is 7.89. The minimum atomic E-state index is -0.231. The molecule has 0 radical (unpaired) electrons. The summed E-state index contributed by atoms with van der Waals surface area (Å²) in [6.45, 7) is 1.42. The summed E-state index contributed by atoms with van der Waals surface area (Å²) in [5.41, 5.74) is 1.33. The van der Waals surface area contributed by atoms with Gasteiger partial charge in [0.15, 0.2) is 0 Å². The van der Waals surface area contributed by atoms with Gasteiger partial charge in [-0.05, 0) is 50.9 Å². The molecule has 28 heavy (non-hydrogen) atoms. The van der Waals surface area contributed by atoms with Crippen LogP contribution in [0.1, 0.15) is 76.0 Å². The molecule has 0 spiro atoms. The number of amides is 3. The first kappa shape index (κ1) is 20.8. The van der Waals surface area contributed by atoms with Gasteiger partial charge in [0, 0.05) is 30.7 Å². The first-order valence-corrected chi connectivity index (χ1v) is 10.1. The fourth-order valence-electron chi connectivity index (χ4n) is 4.62. The lowest BCUT2D eigenvalue weighted by atomic mass is 9.94. The maximum absolute atomic E-state index is 12.9. The van der Waals surface area contributed by atoms with Gasteiger partial charge < -0.3 is 10.2 Å². The molecular formula is C21H28ClN3O3. The fourth-order valence-corrected chi connectivity index (χ4v) is 4.62. The summed E-state index contributed by atoms with van der Waals surface area (Å²) in [6, 6.07) is 5.45. The van der Waals surface area contributed by atoms with E-state index in [1.807, 2.05) is 11.9 Å². The molecule has 7 heteroatoms. The Labute approximate surface area is 172 Å². The third-order valence-electron chi connectivity index (χ3n) is 6.30. The zero-order chi connectivity index (χ0) is 19.0. The summed E-state index contributed by atoms with van der Waals surface area (Å²) in [6.07, 6.45) is 6.92. The molecule has 4 rings (SSSR count). The topological polar surface area (TPSA) is 69.7 Å². The van der Waals surface area contributed by atoms with Gasteiger partial charge in [0.05, 0.1) is 11.1 Å². The molecule has 6 nitrogen and oxygen atoms in total. The summed E-state index contributed by atoms with van der Waals surface area (Å²) < 4.78 is 0. The molecule has 0 bridgehead atoms. The van der Waals surface area contributed by atoms with E-state index < -0.39 is 0 Å². The van der Waals surface area contributed by atoms with Crippen LogP contribution in [0.5, 0.6) is 0 Å². The Hall–Kier alpha value is -1.92. The van der Waals surface area contributed by atoms with E-state index >= 15 is 0 Å². The van der Waals surface area contributed by atoms with Crippen LogP contribution in [0.3, 0.4) is 0 Å². The van der Waals surface area contributed by atoms with Gasteiger partial charge in [-0.15, -0.1) is 12.4 Å². The van der Waals surface area contributed by atoms with E-state index in [1.165, 1.54) is 11.3 Å². The van der Waals surface area contributed by atoms with E-state index in [-0.39, 0.29) is 36.2 Å². The standard InChI is InChI=1S/C21H27N3O3.ClH/c1-22-15-9-11-23(12-10-15)19(25)14-7-8-17-18(13-14)21(27)24(20(17)26)16-5-3-2-4-6-16;/h7-8,13,15-16,22H,2-6,9-12H2,1H3;1H. The van der Waals surface area contributed by atoms with Crippen molar-refractivity contribution in [1.29, 1.82) is 0 Å². The number of imide groups is 1. The molecule has 2 heterocycles. The maximum Gasteiger partial charge on any atom is 0.261 e. The second-order valence-corrected chi connectivity index (χ2v) is 7.89. The Balaban J connectivity index is 0.00000225. The number of nitrogens with zero attached hydrogens (tertiary/aromatic N) is 2. The summed E-state index contributed by atoms with van der Waals surface area (Å²) in [7, 11) is 1.95. The van der Waals surface area contributed by atoms with Gasteiger partial charge >= 0.3 is 0 Å². The van der Waals surface area contributed by atoms with Crippen molar-refractivity contribution in [3.05, 3.63) is 34.9 Å². The van der Waals surface area contributed by atoms with E-state index in [0.717, 1.165) is 38.5 Å². The molecule has 1 N–H and O–H groups in total. The van der Waals surface area contributed by atoms with Crippen LogP contribution in [0, 0.1) is 0 Å². The molecule has 152 valence electrons. The van der Waals surface area contributed by atoms with E-state index in [4.69, 9.17) is 0 Å². The van der Waals surface area contributed by atoms with Crippen LogP contribution in [0.25, 0.3) is 0 Å². The lowest BCUT2D eigenvalue weighted by molar-refractivity contribution is 0.0548. The monoisotopic (exact) mass is 405 g/mol. The Morgan fingerprint density at radius 1 is 0.964 bits per heavy atom. The van der Waals surface area contributed by atoms with Crippen molar-refractivity contribution in [3.8, 4) is 0 Å².